The Hall–Kier alpha value is -3.61. The highest BCUT2D eigenvalue weighted by atomic mass is 16.5. The van der Waals surface area contributed by atoms with Crippen molar-refractivity contribution in [2.45, 2.75) is 26.7 Å². The van der Waals surface area contributed by atoms with Crippen molar-refractivity contribution in [2.24, 2.45) is 11.7 Å². The van der Waals surface area contributed by atoms with E-state index in [9.17, 15) is 9.59 Å². The van der Waals surface area contributed by atoms with Crippen molar-refractivity contribution in [1.82, 2.24) is 14.7 Å². The Morgan fingerprint density at radius 2 is 1.81 bits per heavy atom. The van der Waals surface area contributed by atoms with Crippen molar-refractivity contribution in [2.75, 3.05) is 20.2 Å². The number of rotatable bonds is 5. The first kappa shape index (κ1) is 21.6. The first-order valence-electron chi connectivity index (χ1n) is 10.8. The molecule has 1 aliphatic rings. The number of piperidine rings is 1. The number of likely N-dealkylation sites (tertiary alicyclic amines) is 1. The second-order valence-electron chi connectivity index (χ2n) is 8.32. The normalized spacial score (nSPS) is 14.4. The monoisotopic (exact) mass is 432 g/mol. The van der Waals surface area contributed by atoms with Crippen molar-refractivity contribution in [1.29, 1.82) is 0 Å². The molecule has 0 bridgehead atoms. The summed E-state index contributed by atoms with van der Waals surface area (Å²) in [5.41, 5.74) is 10.6. The molecular weight excluding hydrogens is 404 g/mol. The van der Waals surface area contributed by atoms with E-state index in [4.69, 9.17) is 15.6 Å². The maximum Gasteiger partial charge on any atom is 0.272 e. The highest BCUT2D eigenvalue weighted by molar-refractivity contribution is 5.94. The van der Waals surface area contributed by atoms with Gasteiger partial charge in [0.15, 0.2) is 0 Å². The molecule has 2 heterocycles. The van der Waals surface area contributed by atoms with E-state index in [0.717, 1.165) is 28.1 Å². The topological polar surface area (TPSA) is 90.5 Å². The van der Waals surface area contributed by atoms with Crippen LogP contribution in [0.4, 0.5) is 0 Å². The SMILES string of the molecule is COc1cccc(-c2cc(C(=O)N3CCC(C(N)=O)CC3)n(-c3ccc(C)cc3C)n2)c1. The lowest BCUT2D eigenvalue weighted by Gasteiger charge is -2.30. The van der Waals surface area contributed by atoms with E-state index in [1.165, 1.54) is 0 Å². The molecule has 166 valence electrons. The van der Waals surface area contributed by atoms with Gasteiger partial charge in [-0.2, -0.15) is 5.10 Å². The minimum Gasteiger partial charge on any atom is -0.497 e. The van der Waals surface area contributed by atoms with Crippen LogP contribution < -0.4 is 10.5 Å². The predicted molar refractivity (Wildman–Crippen MR) is 123 cm³/mol. The predicted octanol–water partition coefficient (Wildman–Crippen LogP) is 3.50. The fraction of sp³-hybridized carbons (Fsp3) is 0.320. The van der Waals surface area contributed by atoms with Gasteiger partial charge in [-0.05, 0) is 56.5 Å². The van der Waals surface area contributed by atoms with Crippen LogP contribution in [0.15, 0.2) is 48.5 Å². The summed E-state index contributed by atoms with van der Waals surface area (Å²) in [4.78, 5) is 26.8. The molecule has 0 aliphatic carbocycles. The number of hydrogen-bond acceptors (Lipinski definition) is 4. The quantitative estimate of drug-likeness (QED) is 0.668. The fourth-order valence-corrected chi connectivity index (χ4v) is 4.21. The molecule has 0 radical (unpaired) electrons. The van der Waals surface area contributed by atoms with Gasteiger partial charge in [-0.3, -0.25) is 9.59 Å². The van der Waals surface area contributed by atoms with E-state index < -0.39 is 0 Å². The molecule has 7 heteroatoms. The Labute approximate surface area is 187 Å². The summed E-state index contributed by atoms with van der Waals surface area (Å²) < 4.78 is 7.08. The Morgan fingerprint density at radius 3 is 2.47 bits per heavy atom. The lowest BCUT2D eigenvalue weighted by Crippen LogP contribution is -2.42. The number of nitrogens with zero attached hydrogens (tertiary/aromatic N) is 3. The Balaban J connectivity index is 1.75. The lowest BCUT2D eigenvalue weighted by molar-refractivity contribution is -0.123. The van der Waals surface area contributed by atoms with Gasteiger partial charge in [0.2, 0.25) is 5.91 Å². The zero-order chi connectivity index (χ0) is 22.8. The minimum absolute atomic E-state index is 0.102. The first-order chi connectivity index (χ1) is 15.4. The number of primary amides is 1. The molecular formula is C25H28N4O3. The zero-order valence-corrected chi connectivity index (χ0v) is 18.7. The second-order valence-corrected chi connectivity index (χ2v) is 8.32. The van der Waals surface area contributed by atoms with Crippen molar-refractivity contribution in [3.63, 3.8) is 0 Å². The number of hydrogen-bond donors (Lipinski definition) is 1. The van der Waals surface area contributed by atoms with Gasteiger partial charge in [0.1, 0.15) is 11.4 Å². The standard InChI is InChI=1S/C25H28N4O3/c1-16-7-8-22(17(2)13-16)29-23(25(31)28-11-9-18(10-12-28)24(26)30)15-21(27-29)19-5-4-6-20(14-19)32-3/h4-8,13-15,18H,9-12H2,1-3H3,(H2,26,30). The highest BCUT2D eigenvalue weighted by Gasteiger charge is 2.29. The fourth-order valence-electron chi connectivity index (χ4n) is 4.21. The first-order valence-corrected chi connectivity index (χ1v) is 10.8. The van der Waals surface area contributed by atoms with Gasteiger partial charge in [-0.15, -0.1) is 0 Å². The van der Waals surface area contributed by atoms with Crippen molar-refractivity contribution < 1.29 is 14.3 Å². The molecule has 3 aromatic rings. The van der Waals surface area contributed by atoms with Crippen molar-refractivity contribution in [3.8, 4) is 22.7 Å². The summed E-state index contributed by atoms with van der Waals surface area (Å²) >= 11 is 0. The van der Waals surface area contributed by atoms with Crippen LogP contribution in [0.1, 0.15) is 34.5 Å². The molecule has 4 rings (SSSR count). The Morgan fingerprint density at radius 1 is 1.06 bits per heavy atom. The van der Waals surface area contributed by atoms with Gasteiger partial charge >= 0.3 is 0 Å². The molecule has 1 saturated heterocycles. The smallest absolute Gasteiger partial charge is 0.272 e. The molecule has 0 unspecified atom stereocenters. The summed E-state index contributed by atoms with van der Waals surface area (Å²) in [6, 6.07) is 15.5. The van der Waals surface area contributed by atoms with E-state index in [-0.39, 0.29) is 17.7 Å². The van der Waals surface area contributed by atoms with Crippen LogP contribution in [0.3, 0.4) is 0 Å². The van der Waals surface area contributed by atoms with Crippen LogP contribution in [0.25, 0.3) is 16.9 Å². The van der Waals surface area contributed by atoms with Gasteiger partial charge in [0, 0.05) is 24.6 Å². The lowest BCUT2D eigenvalue weighted by atomic mass is 9.96. The summed E-state index contributed by atoms with van der Waals surface area (Å²) in [5, 5.41) is 4.82. The van der Waals surface area contributed by atoms with Crippen LogP contribution >= 0.6 is 0 Å². The van der Waals surface area contributed by atoms with Crippen LogP contribution in [0.2, 0.25) is 0 Å². The number of benzene rings is 2. The molecule has 2 aromatic carbocycles. The number of methoxy groups -OCH3 is 1. The molecule has 1 fully saturated rings. The van der Waals surface area contributed by atoms with Crippen LogP contribution in [0.5, 0.6) is 5.75 Å². The molecule has 1 aliphatic heterocycles. The average Bonchev–Trinajstić information content (AvgIpc) is 3.24. The highest BCUT2D eigenvalue weighted by Crippen LogP contribution is 2.28. The number of ether oxygens (including phenoxy) is 1. The molecule has 7 nitrogen and oxygen atoms in total. The molecule has 2 amide bonds. The molecule has 32 heavy (non-hydrogen) atoms. The molecule has 2 N–H and O–H groups in total. The van der Waals surface area contributed by atoms with Crippen LogP contribution in [-0.2, 0) is 4.79 Å². The van der Waals surface area contributed by atoms with Gasteiger partial charge in [0.25, 0.3) is 5.91 Å². The van der Waals surface area contributed by atoms with Crippen LogP contribution in [-0.4, -0.2) is 46.7 Å². The zero-order valence-electron chi connectivity index (χ0n) is 18.7. The summed E-state index contributed by atoms with van der Waals surface area (Å²) in [6.07, 6.45) is 1.17. The Bertz CT molecular complexity index is 1160. The van der Waals surface area contributed by atoms with Crippen molar-refractivity contribution >= 4 is 11.8 Å². The number of amides is 2. The number of aryl methyl sites for hydroxylation is 2. The van der Waals surface area contributed by atoms with Gasteiger partial charge < -0.3 is 15.4 Å². The third kappa shape index (κ3) is 4.23. The minimum atomic E-state index is -0.294. The average molecular weight is 433 g/mol. The van der Waals surface area contributed by atoms with E-state index >= 15 is 0 Å². The summed E-state index contributed by atoms with van der Waals surface area (Å²) in [6.45, 7) is 5.05. The third-order valence-corrected chi connectivity index (χ3v) is 6.06. The molecule has 0 spiro atoms. The number of nitrogens with two attached hydrogens (primary N) is 1. The van der Waals surface area contributed by atoms with E-state index in [1.807, 2.05) is 56.3 Å². The van der Waals surface area contributed by atoms with Gasteiger partial charge in [0.05, 0.1) is 18.5 Å². The maximum atomic E-state index is 13.5. The maximum absolute atomic E-state index is 13.5. The number of carbonyl (C=O) groups excluding carboxylic acids is 2. The van der Waals surface area contributed by atoms with Crippen LogP contribution in [0, 0.1) is 19.8 Å². The Kier molecular flexibility index (Phi) is 5.99. The molecule has 0 saturated carbocycles. The van der Waals surface area contributed by atoms with E-state index in [0.29, 0.717) is 37.3 Å². The number of aromatic nitrogens is 2. The van der Waals surface area contributed by atoms with E-state index in [2.05, 4.69) is 6.07 Å². The number of carbonyl (C=O) groups is 2. The second kappa shape index (κ2) is 8.86. The largest absolute Gasteiger partial charge is 0.497 e. The summed E-state index contributed by atoms with van der Waals surface area (Å²) in [7, 11) is 1.62. The van der Waals surface area contributed by atoms with Gasteiger partial charge in [-0.25, -0.2) is 4.68 Å². The van der Waals surface area contributed by atoms with E-state index in [1.54, 1.807) is 16.7 Å². The molecule has 1 aromatic heterocycles. The third-order valence-electron chi connectivity index (χ3n) is 6.06. The molecule has 0 atom stereocenters. The van der Waals surface area contributed by atoms with Gasteiger partial charge in [-0.1, -0.05) is 29.8 Å². The summed E-state index contributed by atoms with van der Waals surface area (Å²) in [5.74, 6) is 0.160. The van der Waals surface area contributed by atoms with Crippen molar-refractivity contribution in [3.05, 3.63) is 65.4 Å².